The van der Waals surface area contributed by atoms with Gasteiger partial charge in [-0.25, -0.2) is 0 Å². The van der Waals surface area contributed by atoms with Crippen LogP contribution in [0.2, 0.25) is 0 Å². The Morgan fingerprint density at radius 3 is 2.76 bits per heavy atom. The minimum Gasteiger partial charge on any atom is -0.395 e. The van der Waals surface area contributed by atoms with Crippen LogP contribution in [0.3, 0.4) is 0 Å². The second-order valence-corrected chi connectivity index (χ2v) is 4.50. The Labute approximate surface area is 124 Å². The van der Waals surface area contributed by atoms with Gasteiger partial charge in [0.15, 0.2) is 0 Å². The predicted octanol–water partition coefficient (Wildman–Crippen LogP) is 0.595. The molecule has 0 aromatic heterocycles. The third-order valence-corrected chi connectivity index (χ3v) is 2.80. The number of aliphatic hydroxyl groups is 1. The van der Waals surface area contributed by atoms with E-state index < -0.39 is 0 Å². The molecular formula is C16H20N2O3. The van der Waals surface area contributed by atoms with Crippen molar-refractivity contribution in [3.8, 4) is 11.8 Å². The van der Waals surface area contributed by atoms with Crippen molar-refractivity contribution in [1.29, 1.82) is 0 Å². The lowest BCUT2D eigenvalue weighted by atomic mass is 10.0. The molecule has 21 heavy (non-hydrogen) atoms. The lowest BCUT2D eigenvalue weighted by molar-refractivity contribution is -0.120. The molecule has 1 aromatic carbocycles. The van der Waals surface area contributed by atoms with Gasteiger partial charge in [0.25, 0.3) is 5.91 Å². The fourth-order valence-electron chi connectivity index (χ4n) is 1.68. The number of rotatable bonds is 5. The highest BCUT2D eigenvalue weighted by Gasteiger charge is 2.10. The second-order valence-electron chi connectivity index (χ2n) is 4.50. The van der Waals surface area contributed by atoms with Gasteiger partial charge in [-0.05, 0) is 19.1 Å². The van der Waals surface area contributed by atoms with E-state index in [4.69, 9.17) is 5.11 Å². The van der Waals surface area contributed by atoms with Gasteiger partial charge in [-0.2, -0.15) is 0 Å². The van der Waals surface area contributed by atoms with Crippen molar-refractivity contribution >= 4 is 11.8 Å². The summed E-state index contributed by atoms with van der Waals surface area (Å²) in [7, 11) is 1.56. The Balaban J connectivity index is 2.80. The van der Waals surface area contributed by atoms with E-state index in [0.717, 1.165) is 5.56 Å². The zero-order valence-electron chi connectivity index (χ0n) is 12.3. The van der Waals surface area contributed by atoms with E-state index in [9.17, 15) is 9.59 Å². The van der Waals surface area contributed by atoms with E-state index in [1.807, 2.05) is 13.0 Å². The third-order valence-electron chi connectivity index (χ3n) is 2.80. The minimum atomic E-state index is -0.254. The van der Waals surface area contributed by atoms with Gasteiger partial charge >= 0.3 is 0 Å². The van der Waals surface area contributed by atoms with Crippen molar-refractivity contribution in [2.24, 2.45) is 0 Å². The number of aliphatic hydroxyl groups excluding tert-OH is 1. The van der Waals surface area contributed by atoms with Gasteiger partial charge in [0.05, 0.1) is 12.2 Å². The molecule has 0 aliphatic heterocycles. The molecule has 0 saturated carbocycles. The molecule has 0 aliphatic rings. The normalized spacial score (nSPS) is 9.48. The van der Waals surface area contributed by atoms with Crippen molar-refractivity contribution < 1.29 is 14.7 Å². The van der Waals surface area contributed by atoms with E-state index in [2.05, 4.69) is 22.5 Å². The zero-order valence-corrected chi connectivity index (χ0v) is 12.3. The number of aryl methyl sites for hydroxylation is 1. The maximum Gasteiger partial charge on any atom is 0.252 e. The van der Waals surface area contributed by atoms with Crippen LogP contribution in [0.4, 0.5) is 0 Å². The summed E-state index contributed by atoms with van der Waals surface area (Å²) < 4.78 is 0. The first-order chi connectivity index (χ1) is 10.1. The van der Waals surface area contributed by atoms with Crippen molar-refractivity contribution in [2.75, 3.05) is 20.2 Å². The number of carbonyl (C=O) groups is 2. The van der Waals surface area contributed by atoms with E-state index >= 15 is 0 Å². The number of hydrogen-bond donors (Lipinski definition) is 3. The average molecular weight is 288 g/mol. The zero-order chi connectivity index (χ0) is 15.7. The van der Waals surface area contributed by atoms with E-state index in [1.54, 1.807) is 19.2 Å². The highest BCUT2D eigenvalue weighted by Crippen LogP contribution is 2.11. The minimum absolute atomic E-state index is 0.00742. The van der Waals surface area contributed by atoms with Crippen LogP contribution in [0, 0.1) is 18.8 Å². The van der Waals surface area contributed by atoms with Crippen LogP contribution in [0.1, 0.15) is 34.3 Å². The van der Waals surface area contributed by atoms with E-state index in [0.29, 0.717) is 17.5 Å². The highest BCUT2D eigenvalue weighted by molar-refractivity contribution is 5.97. The van der Waals surface area contributed by atoms with Crippen LogP contribution in [-0.2, 0) is 4.79 Å². The van der Waals surface area contributed by atoms with Crippen molar-refractivity contribution in [3.05, 3.63) is 34.9 Å². The van der Waals surface area contributed by atoms with E-state index in [-0.39, 0.29) is 31.4 Å². The molecule has 2 amide bonds. The number of benzene rings is 1. The van der Waals surface area contributed by atoms with Crippen LogP contribution < -0.4 is 10.6 Å². The lowest BCUT2D eigenvalue weighted by Gasteiger charge is -2.07. The predicted molar refractivity (Wildman–Crippen MR) is 80.8 cm³/mol. The Hall–Kier alpha value is -2.32. The third kappa shape index (κ3) is 5.67. The molecule has 0 atom stereocenters. The molecule has 0 aliphatic carbocycles. The Morgan fingerprint density at radius 1 is 1.33 bits per heavy atom. The van der Waals surface area contributed by atoms with Gasteiger partial charge in [0.1, 0.15) is 0 Å². The van der Waals surface area contributed by atoms with Crippen molar-refractivity contribution in [3.63, 3.8) is 0 Å². The molecule has 0 bridgehead atoms. The molecule has 0 radical (unpaired) electrons. The van der Waals surface area contributed by atoms with Gasteiger partial charge in [-0.3, -0.25) is 9.59 Å². The molecule has 0 spiro atoms. The van der Waals surface area contributed by atoms with E-state index in [1.165, 1.54) is 0 Å². The Bertz CT molecular complexity index is 571. The molecule has 1 aromatic rings. The van der Waals surface area contributed by atoms with Gasteiger partial charge < -0.3 is 15.7 Å². The number of nitrogens with one attached hydrogen (secondary N) is 2. The lowest BCUT2D eigenvalue weighted by Crippen LogP contribution is -2.29. The van der Waals surface area contributed by atoms with Gasteiger partial charge in [0, 0.05) is 32.0 Å². The van der Waals surface area contributed by atoms with Crippen molar-refractivity contribution in [2.45, 2.75) is 19.8 Å². The molecule has 0 unspecified atom stereocenters. The Morgan fingerprint density at radius 2 is 2.10 bits per heavy atom. The molecule has 0 fully saturated rings. The van der Waals surface area contributed by atoms with Gasteiger partial charge in [-0.15, -0.1) is 0 Å². The molecular weight excluding hydrogens is 268 g/mol. The van der Waals surface area contributed by atoms with Gasteiger partial charge in [-0.1, -0.05) is 23.5 Å². The highest BCUT2D eigenvalue weighted by atomic mass is 16.2. The van der Waals surface area contributed by atoms with Crippen LogP contribution >= 0.6 is 0 Å². The first kappa shape index (κ1) is 16.7. The van der Waals surface area contributed by atoms with Crippen LogP contribution in [0.5, 0.6) is 0 Å². The number of hydrogen-bond acceptors (Lipinski definition) is 3. The maximum absolute atomic E-state index is 12.2. The topological polar surface area (TPSA) is 78.4 Å². The smallest absolute Gasteiger partial charge is 0.252 e. The fraction of sp³-hybridized carbons (Fsp3) is 0.375. The Kier molecular flexibility index (Phi) is 6.99. The summed E-state index contributed by atoms with van der Waals surface area (Å²) in [6.45, 7) is 2.16. The monoisotopic (exact) mass is 288 g/mol. The summed E-state index contributed by atoms with van der Waals surface area (Å²) in [5.74, 6) is 5.31. The molecule has 0 heterocycles. The summed E-state index contributed by atoms with van der Waals surface area (Å²) in [5.41, 5.74) is 2.06. The average Bonchev–Trinajstić information content (AvgIpc) is 2.48. The number of amides is 2. The fourth-order valence-corrected chi connectivity index (χ4v) is 1.68. The largest absolute Gasteiger partial charge is 0.395 e. The number of carbonyl (C=O) groups excluding carboxylic acids is 2. The molecule has 5 heteroatoms. The quantitative estimate of drug-likeness (QED) is 0.694. The first-order valence-electron chi connectivity index (χ1n) is 6.77. The maximum atomic E-state index is 12.2. The molecule has 112 valence electrons. The molecule has 3 N–H and O–H groups in total. The standard InChI is InChI=1S/C16H20N2O3/c1-12-6-7-13(5-3-4-10-19)14(11-12)16(21)18-9-8-15(20)17-2/h6-7,11,19H,4,8-10H2,1-2H3,(H,17,20)(H,18,21). The second kappa shape index (κ2) is 8.77. The summed E-state index contributed by atoms with van der Waals surface area (Å²) >= 11 is 0. The summed E-state index contributed by atoms with van der Waals surface area (Å²) in [5, 5.41) is 13.9. The summed E-state index contributed by atoms with van der Waals surface area (Å²) in [4.78, 5) is 23.3. The van der Waals surface area contributed by atoms with Crippen LogP contribution in [-0.4, -0.2) is 37.1 Å². The van der Waals surface area contributed by atoms with Crippen LogP contribution in [0.25, 0.3) is 0 Å². The summed E-state index contributed by atoms with van der Waals surface area (Å²) in [6.07, 6.45) is 0.602. The SMILES string of the molecule is CNC(=O)CCNC(=O)c1cc(C)ccc1C#CCCO. The molecule has 0 saturated heterocycles. The van der Waals surface area contributed by atoms with Crippen molar-refractivity contribution in [1.82, 2.24) is 10.6 Å². The van der Waals surface area contributed by atoms with Gasteiger partial charge in [0.2, 0.25) is 5.91 Å². The van der Waals surface area contributed by atoms with Crippen LogP contribution in [0.15, 0.2) is 18.2 Å². The summed E-state index contributed by atoms with van der Waals surface area (Å²) in [6, 6.07) is 5.43. The molecule has 1 rings (SSSR count). The first-order valence-corrected chi connectivity index (χ1v) is 6.77. The molecule has 5 nitrogen and oxygen atoms in total.